The summed E-state index contributed by atoms with van der Waals surface area (Å²) in [5.41, 5.74) is 21.7. The fourth-order valence-corrected chi connectivity index (χ4v) is 11.0. The second-order valence-electron chi connectivity index (χ2n) is 21.5. The van der Waals surface area contributed by atoms with Crippen molar-refractivity contribution in [2.75, 3.05) is 53.2 Å². The van der Waals surface area contributed by atoms with Crippen molar-refractivity contribution < 1.29 is 62.3 Å². The van der Waals surface area contributed by atoms with Gasteiger partial charge in [-0.1, -0.05) is 87.0 Å². The number of nitrogens with two attached hydrogens (primary N) is 3. The van der Waals surface area contributed by atoms with Gasteiger partial charge in [0.05, 0.1) is 93.0 Å². The molecule has 4 atom stereocenters. The number of halogens is 6. The Balaban J connectivity index is 0.000000291. The van der Waals surface area contributed by atoms with Crippen LogP contribution in [0.5, 0.6) is 0 Å². The number of aromatic nitrogens is 6. The van der Waals surface area contributed by atoms with E-state index in [2.05, 4.69) is 34.7 Å². The van der Waals surface area contributed by atoms with Crippen LogP contribution in [0.25, 0.3) is 38.6 Å². The summed E-state index contributed by atoms with van der Waals surface area (Å²) in [6.45, 7) is 19.7. The second-order valence-corrected chi connectivity index (χ2v) is 22.8. The third-order valence-corrected chi connectivity index (χ3v) is 15.3. The monoisotopic (exact) mass is 1380 g/mol. The zero-order valence-electron chi connectivity index (χ0n) is 52.3. The molecule has 5 amide bonds. The van der Waals surface area contributed by atoms with Crippen molar-refractivity contribution in [2.24, 2.45) is 17.2 Å². The Bertz CT molecular complexity index is 3820. The van der Waals surface area contributed by atoms with Crippen LogP contribution in [-0.2, 0) is 35.6 Å². The first kappa shape index (κ1) is 78.5. The smallest absolute Gasteiger partial charge is 0.410 e. The summed E-state index contributed by atoms with van der Waals surface area (Å²) >= 11 is 17.7. The topological polar surface area (TPSA) is 330 Å². The SMILES string of the molecule is C.CC.CC(C)(C)OC(=O)N1Cc2c(C(N)=O)c(-c3ccc(F)c(Cl)c3)nn2C(CCO)C1.CO.CP.NC(=O)c1c(-c2ccc(F)c(Cl)c2)nn2c1CNCC2CCO.[C-]#[N+]c1ccc(CC(=O)N2Cc3c(C(N)=O)c(-c4ccc(F)c(Cl)c4)nn3C(CCO)C2)cc1. The van der Waals surface area contributed by atoms with Gasteiger partial charge in [-0.05, 0) is 100 Å². The number of hydrogen-bond acceptors (Lipinski definition) is 14. The van der Waals surface area contributed by atoms with Gasteiger partial charge in [-0.3, -0.25) is 33.2 Å². The molecule has 3 aliphatic rings. The van der Waals surface area contributed by atoms with Crippen LogP contribution in [0.15, 0.2) is 78.9 Å². The zero-order valence-corrected chi connectivity index (χ0v) is 55.7. The lowest BCUT2D eigenvalue weighted by molar-refractivity contribution is -0.132. The number of carbonyl (C=O) groups excluding carboxylic acids is 5. The molecule has 3 aliphatic heterocycles. The molecule has 0 saturated carbocycles. The van der Waals surface area contributed by atoms with Gasteiger partial charge in [0.25, 0.3) is 17.7 Å². The molecule has 0 aliphatic carbocycles. The number of hydrogen-bond donors (Lipinski definition) is 8. The quantitative estimate of drug-likeness (QED) is 0.0371. The van der Waals surface area contributed by atoms with Crippen molar-refractivity contribution in [3.05, 3.63) is 162 Å². The van der Waals surface area contributed by atoms with E-state index in [9.17, 15) is 52.5 Å². The van der Waals surface area contributed by atoms with Crippen LogP contribution in [0.3, 0.4) is 0 Å². The fraction of sp³-hybridized carbons (Fsp3) is 0.391. The minimum absolute atomic E-state index is 0. The van der Waals surface area contributed by atoms with E-state index in [4.69, 9.17) is 68.4 Å². The summed E-state index contributed by atoms with van der Waals surface area (Å²) in [6, 6.07) is 18.1. The number of nitrogens with zero attached hydrogens (tertiary/aromatic N) is 9. The van der Waals surface area contributed by atoms with E-state index in [0.29, 0.717) is 83.1 Å². The fourth-order valence-electron chi connectivity index (χ4n) is 10.4. The Labute approximate surface area is 560 Å². The van der Waals surface area contributed by atoms with E-state index in [1.54, 1.807) is 64.0 Å². The van der Waals surface area contributed by atoms with Crippen molar-refractivity contribution in [3.63, 3.8) is 0 Å². The molecule has 4 unspecified atom stereocenters. The molecular formula is C64H80Cl3F3N13O10P. The lowest BCUT2D eigenvalue weighted by Crippen LogP contribution is -2.44. The van der Waals surface area contributed by atoms with Gasteiger partial charge in [0.15, 0.2) is 5.69 Å². The molecule has 0 bridgehead atoms. The maximum absolute atomic E-state index is 13.7. The van der Waals surface area contributed by atoms with E-state index in [0.717, 1.165) is 12.7 Å². The highest BCUT2D eigenvalue weighted by atomic mass is 35.5. The summed E-state index contributed by atoms with van der Waals surface area (Å²) in [7, 11) is 3.42. The molecule has 0 spiro atoms. The zero-order chi connectivity index (χ0) is 69.2. The number of rotatable bonds is 14. The van der Waals surface area contributed by atoms with Crippen LogP contribution < -0.4 is 22.5 Å². The predicted octanol–water partition coefficient (Wildman–Crippen LogP) is 9.85. The molecule has 7 aromatic rings. The van der Waals surface area contributed by atoms with E-state index in [-0.39, 0.29) is 115 Å². The van der Waals surface area contributed by atoms with E-state index in [1.165, 1.54) is 59.5 Å². The molecule has 3 aromatic heterocycles. The van der Waals surface area contributed by atoms with Crippen LogP contribution in [0.4, 0.5) is 23.7 Å². The first-order valence-electron chi connectivity index (χ1n) is 29.2. The standard InChI is InChI=1S/C24H21ClFN5O3.C20H24ClFN4O4.C15H16ClFN4O2.C2H6.CH4O.CH5P.CH4/c1-28-16-5-2-14(3-6-16)10-21(33)30-12-17(8-9-32)31-20(13-30)22(24(27)34)23(29-31)15-4-7-19(26)18(25)11-15;1-20(2,3)30-19(29)25-9-12(6-7-27)26-15(10-25)16(18(23)28)17(24-26)11-4-5-14(22)13(21)8-11;16-10-5-8(1-2-11(10)17)14-13(15(18)23)12-7-19-6-9(3-4-22)21(12)20-14;3*1-2;/h2-7,11,17,32H,8-10,12-13H2,(H2,27,34);4-5,8,12,27H,6-7,9-10H2,1-3H3,(H2,23,28);1-2,5,9,19,22H,3-4,6-7H2,(H2,18,23);1-2H3;2H,1H3;2H2,1H3;1H4. The number of nitrogens with one attached hydrogen (secondary N) is 1. The average Bonchev–Trinajstić information content (AvgIpc) is 1.62. The first-order valence-corrected chi connectivity index (χ1v) is 31.5. The molecular weight excluding hydrogens is 1310 g/mol. The molecule has 508 valence electrons. The minimum atomic E-state index is -0.736. The van der Waals surface area contributed by atoms with Gasteiger partial charge in [-0.15, -0.1) is 9.24 Å². The molecule has 10 rings (SSSR count). The van der Waals surface area contributed by atoms with Gasteiger partial charge >= 0.3 is 6.09 Å². The third-order valence-electron chi connectivity index (χ3n) is 14.4. The maximum Gasteiger partial charge on any atom is 0.410 e. The van der Waals surface area contributed by atoms with Crippen LogP contribution in [0.2, 0.25) is 15.1 Å². The molecule has 94 heavy (non-hydrogen) atoms. The van der Waals surface area contributed by atoms with Gasteiger partial charge in [0, 0.05) is 69.8 Å². The highest BCUT2D eigenvalue weighted by Gasteiger charge is 2.38. The van der Waals surface area contributed by atoms with E-state index < -0.39 is 52.9 Å². The molecule has 11 N–H and O–H groups in total. The van der Waals surface area contributed by atoms with E-state index >= 15 is 0 Å². The molecule has 0 fully saturated rings. The summed E-state index contributed by atoms with van der Waals surface area (Å²) in [5.74, 6) is -3.99. The number of primary amides is 3. The number of aliphatic hydroxyl groups excluding tert-OH is 4. The van der Waals surface area contributed by atoms with E-state index in [1.807, 2.05) is 20.5 Å². The highest BCUT2D eigenvalue weighted by molar-refractivity contribution is 7.15. The van der Waals surface area contributed by atoms with Crippen molar-refractivity contribution in [3.8, 4) is 33.8 Å². The van der Waals surface area contributed by atoms with Crippen molar-refractivity contribution in [1.29, 1.82) is 0 Å². The first-order chi connectivity index (χ1) is 44.4. The normalized spacial score (nSPS) is 15.0. The Hall–Kier alpha value is -7.96. The van der Waals surface area contributed by atoms with Gasteiger partial charge < -0.3 is 57.5 Å². The Morgan fingerprint density at radius 2 is 0.989 bits per heavy atom. The van der Waals surface area contributed by atoms with Gasteiger partial charge in [-0.25, -0.2) is 22.8 Å². The van der Waals surface area contributed by atoms with Crippen LogP contribution in [-0.4, -0.2) is 148 Å². The van der Waals surface area contributed by atoms with Crippen LogP contribution in [0.1, 0.15) is 133 Å². The number of ether oxygens (including phenoxy) is 1. The number of benzene rings is 4. The summed E-state index contributed by atoms with van der Waals surface area (Å²) < 4.78 is 51.1. The number of aliphatic hydroxyl groups is 4. The van der Waals surface area contributed by atoms with Gasteiger partial charge in [0.1, 0.15) is 40.1 Å². The maximum atomic E-state index is 13.7. The summed E-state index contributed by atoms with van der Waals surface area (Å²) in [5, 5.41) is 51.8. The molecule has 0 radical (unpaired) electrons. The van der Waals surface area contributed by atoms with Gasteiger partial charge in [-0.2, -0.15) is 15.3 Å². The molecule has 23 nitrogen and oxygen atoms in total. The summed E-state index contributed by atoms with van der Waals surface area (Å²) in [6.07, 6.45) is 0.684. The second kappa shape index (κ2) is 36.1. The predicted molar refractivity (Wildman–Crippen MR) is 358 cm³/mol. The number of fused-ring (bicyclic) bond motifs is 3. The average molecular weight is 1390 g/mol. The van der Waals surface area contributed by atoms with Gasteiger partial charge in [0.2, 0.25) is 5.91 Å². The van der Waals surface area contributed by atoms with Crippen molar-refractivity contribution >= 4 is 79.5 Å². The Morgan fingerprint density at radius 1 is 0.628 bits per heavy atom. The van der Waals surface area contributed by atoms with Crippen molar-refractivity contribution in [2.45, 2.75) is 111 Å². The molecule has 6 heterocycles. The molecule has 30 heteroatoms. The molecule has 0 saturated heterocycles. The lowest BCUT2D eigenvalue weighted by atomic mass is 10.0. The minimum Gasteiger partial charge on any atom is -0.444 e. The number of amides is 5. The largest absolute Gasteiger partial charge is 0.444 e. The third kappa shape index (κ3) is 18.9. The van der Waals surface area contributed by atoms with Crippen LogP contribution >= 0.6 is 44.0 Å². The Kier molecular flexibility index (Phi) is 30.1. The summed E-state index contributed by atoms with van der Waals surface area (Å²) in [4.78, 5) is 68.9. The lowest BCUT2D eigenvalue weighted by Gasteiger charge is -2.35. The van der Waals surface area contributed by atoms with Crippen molar-refractivity contribution in [1.82, 2.24) is 44.5 Å². The molecule has 4 aromatic carbocycles. The highest BCUT2D eigenvalue weighted by Crippen LogP contribution is 2.38. The Morgan fingerprint density at radius 3 is 1.35 bits per heavy atom. The van der Waals surface area contributed by atoms with Crippen LogP contribution in [0, 0.1) is 24.0 Å². The number of carbonyl (C=O) groups is 5.